The molecule has 0 bridgehead atoms. The Morgan fingerprint density at radius 2 is 1.86 bits per heavy atom. The van der Waals surface area contributed by atoms with Crippen LogP contribution in [0.15, 0.2) is 24.3 Å². The fraction of sp³-hybridized carbons (Fsp3) is 0.611. The Balaban J connectivity index is 1.59. The number of likely N-dealkylation sites (tertiary alicyclic amines) is 2. The molecule has 0 aromatic heterocycles. The Morgan fingerprint density at radius 3 is 2.64 bits per heavy atom. The SMILES string of the molecule is O=C([C@H]1CCCN(Cc2ccccc2Cl)C1)N1CCCCC1. The van der Waals surface area contributed by atoms with Crippen LogP contribution in [-0.4, -0.2) is 41.9 Å². The molecule has 3 nitrogen and oxygen atoms in total. The van der Waals surface area contributed by atoms with Gasteiger partial charge >= 0.3 is 0 Å². The molecule has 2 aliphatic heterocycles. The minimum Gasteiger partial charge on any atom is -0.342 e. The lowest BCUT2D eigenvalue weighted by Gasteiger charge is -2.36. The van der Waals surface area contributed by atoms with Gasteiger partial charge in [0.25, 0.3) is 0 Å². The number of carbonyl (C=O) groups excluding carboxylic acids is 1. The first-order chi connectivity index (χ1) is 10.7. The summed E-state index contributed by atoms with van der Waals surface area (Å²) < 4.78 is 0. The van der Waals surface area contributed by atoms with E-state index in [9.17, 15) is 4.79 Å². The fourth-order valence-electron chi connectivity index (χ4n) is 3.64. The molecule has 1 amide bonds. The molecule has 0 unspecified atom stereocenters. The van der Waals surface area contributed by atoms with Gasteiger partial charge in [0.2, 0.25) is 5.91 Å². The molecule has 2 saturated heterocycles. The molecule has 0 radical (unpaired) electrons. The second-order valence-electron chi connectivity index (χ2n) is 6.55. The van der Waals surface area contributed by atoms with Crippen LogP contribution in [0.25, 0.3) is 0 Å². The van der Waals surface area contributed by atoms with Crippen LogP contribution in [0.5, 0.6) is 0 Å². The topological polar surface area (TPSA) is 23.6 Å². The van der Waals surface area contributed by atoms with Gasteiger partial charge in [0, 0.05) is 31.2 Å². The van der Waals surface area contributed by atoms with E-state index >= 15 is 0 Å². The number of rotatable bonds is 3. The molecule has 22 heavy (non-hydrogen) atoms. The van der Waals surface area contributed by atoms with E-state index in [1.165, 1.54) is 19.3 Å². The van der Waals surface area contributed by atoms with Gasteiger partial charge < -0.3 is 4.90 Å². The normalized spacial score (nSPS) is 23.5. The molecule has 0 aliphatic carbocycles. The molecule has 0 saturated carbocycles. The Labute approximate surface area is 138 Å². The lowest BCUT2D eigenvalue weighted by Crippen LogP contribution is -2.46. The van der Waals surface area contributed by atoms with Crippen LogP contribution in [0.3, 0.4) is 0 Å². The van der Waals surface area contributed by atoms with E-state index in [1.807, 2.05) is 18.2 Å². The summed E-state index contributed by atoms with van der Waals surface area (Å²) in [4.78, 5) is 17.2. The molecule has 1 aromatic rings. The maximum Gasteiger partial charge on any atom is 0.226 e. The van der Waals surface area contributed by atoms with Crippen molar-refractivity contribution in [3.8, 4) is 0 Å². The van der Waals surface area contributed by atoms with E-state index in [0.717, 1.165) is 56.2 Å². The van der Waals surface area contributed by atoms with Crippen molar-refractivity contribution in [2.45, 2.75) is 38.6 Å². The Kier molecular flexibility index (Phi) is 5.37. The number of piperidine rings is 2. The molecular formula is C18H25ClN2O. The van der Waals surface area contributed by atoms with Crippen molar-refractivity contribution >= 4 is 17.5 Å². The standard InChI is InChI=1S/C18H25ClN2O/c19-17-9-3-2-7-15(17)13-20-10-6-8-16(14-20)18(22)21-11-4-1-5-12-21/h2-3,7,9,16H,1,4-6,8,10-14H2/t16-/m0/s1. The highest BCUT2D eigenvalue weighted by Gasteiger charge is 2.29. The quantitative estimate of drug-likeness (QED) is 0.850. The smallest absolute Gasteiger partial charge is 0.226 e. The summed E-state index contributed by atoms with van der Waals surface area (Å²) in [5, 5.41) is 0.826. The van der Waals surface area contributed by atoms with Crippen LogP contribution in [0.4, 0.5) is 0 Å². The summed E-state index contributed by atoms with van der Waals surface area (Å²) in [7, 11) is 0. The summed E-state index contributed by atoms with van der Waals surface area (Å²) in [6.07, 6.45) is 5.75. The monoisotopic (exact) mass is 320 g/mol. The third-order valence-electron chi connectivity index (χ3n) is 4.87. The van der Waals surface area contributed by atoms with Crippen LogP contribution < -0.4 is 0 Å². The van der Waals surface area contributed by atoms with Crippen LogP contribution in [0.1, 0.15) is 37.7 Å². The zero-order valence-electron chi connectivity index (χ0n) is 13.1. The van der Waals surface area contributed by atoms with E-state index < -0.39 is 0 Å². The second kappa shape index (κ2) is 7.47. The van der Waals surface area contributed by atoms with Crippen molar-refractivity contribution in [3.63, 3.8) is 0 Å². The third-order valence-corrected chi connectivity index (χ3v) is 5.24. The highest BCUT2D eigenvalue weighted by atomic mass is 35.5. The minimum absolute atomic E-state index is 0.175. The number of halogens is 1. The van der Waals surface area contributed by atoms with Gasteiger partial charge in [-0.05, 0) is 50.3 Å². The molecule has 2 aliphatic rings. The van der Waals surface area contributed by atoms with E-state index in [1.54, 1.807) is 0 Å². The lowest BCUT2D eigenvalue weighted by atomic mass is 9.95. The predicted octanol–water partition coefficient (Wildman–Crippen LogP) is 3.56. The number of benzene rings is 1. The molecular weight excluding hydrogens is 296 g/mol. The molecule has 3 rings (SSSR count). The summed E-state index contributed by atoms with van der Waals surface area (Å²) in [6.45, 7) is 4.71. The zero-order valence-corrected chi connectivity index (χ0v) is 13.9. The lowest BCUT2D eigenvalue weighted by molar-refractivity contribution is -0.138. The third kappa shape index (κ3) is 3.82. The Hall–Kier alpha value is -1.06. The first-order valence-corrected chi connectivity index (χ1v) is 8.86. The van der Waals surface area contributed by atoms with Crippen LogP contribution in [-0.2, 0) is 11.3 Å². The van der Waals surface area contributed by atoms with Gasteiger partial charge in [0.15, 0.2) is 0 Å². The van der Waals surface area contributed by atoms with Crippen molar-refractivity contribution in [3.05, 3.63) is 34.9 Å². The maximum atomic E-state index is 12.7. The fourth-order valence-corrected chi connectivity index (χ4v) is 3.84. The number of nitrogens with zero attached hydrogens (tertiary/aromatic N) is 2. The molecule has 2 heterocycles. The van der Waals surface area contributed by atoms with Crippen molar-refractivity contribution < 1.29 is 4.79 Å². The predicted molar refractivity (Wildman–Crippen MR) is 89.9 cm³/mol. The van der Waals surface area contributed by atoms with Crippen LogP contribution in [0, 0.1) is 5.92 Å². The molecule has 2 fully saturated rings. The zero-order chi connectivity index (χ0) is 15.4. The summed E-state index contributed by atoms with van der Waals surface area (Å²) in [5.41, 5.74) is 1.16. The van der Waals surface area contributed by atoms with Gasteiger partial charge in [-0.2, -0.15) is 0 Å². The molecule has 0 spiro atoms. The van der Waals surface area contributed by atoms with Gasteiger partial charge in [0.05, 0.1) is 5.92 Å². The summed E-state index contributed by atoms with van der Waals surface area (Å²) >= 11 is 6.26. The molecule has 1 atom stereocenters. The molecule has 120 valence electrons. The number of hydrogen-bond donors (Lipinski definition) is 0. The Bertz CT molecular complexity index is 514. The molecule has 0 N–H and O–H groups in total. The molecule has 4 heteroatoms. The van der Waals surface area contributed by atoms with Crippen LogP contribution in [0.2, 0.25) is 5.02 Å². The van der Waals surface area contributed by atoms with Gasteiger partial charge in [0.1, 0.15) is 0 Å². The van der Waals surface area contributed by atoms with Crippen molar-refractivity contribution in [2.75, 3.05) is 26.2 Å². The van der Waals surface area contributed by atoms with Crippen LogP contribution >= 0.6 is 11.6 Å². The first kappa shape index (κ1) is 15.8. The maximum absolute atomic E-state index is 12.7. The van der Waals surface area contributed by atoms with Gasteiger partial charge in [-0.15, -0.1) is 0 Å². The Morgan fingerprint density at radius 1 is 1.09 bits per heavy atom. The summed E-state index contributed by atoms with van der Waals surface area (Å²) in [6, 6.07) is 8.02. The minimum atomic E-state index is 0.175. The van der Waals surface area contributed by atoms with Crippen molar-refractivity contribution in [1.29, 1.82) is 0 Å². The number of carbonyl (C=O) groups is 1. The highest BCUT2D eigenvalue weighted by molar-refractivity contribution is 6.31. The first-order valence-electron chi connectivity index (χ1n) is 8.48. The van der Waals surface area contributed by atoms with E-state index in [4.69, 9.17) is 11.6 Å². The van der Waals surface area contributed by atoms with Gasteiger partial charge in [-0.1, -0.05) is 29.8 Å². The van der Waals surface area contributed by atoms with E-state index in [-0.39, 0.29) is 5.92 Å². The number of hydrogen-bond acceptors (Lipinski definition) is 2. The average molecular weight is 321 g/mol. The van der Waals surface area contributed by atoms with Crippen molar-refractivity contribution in [1.82, 2.24) is 9.80 Å². The van der Waals surface area contributed by atoms with Gasteiger partial charge in [-0.25, -0.2) is 0 Å². The summed E-state index contributed by atoms with van der Waals surface area (Å²) in [5.74, 6) is 0.554. The molecule has 1 aromatic carbocycles. The van der Waals surface area contributed by atoms with Gasteiger partial charge in [-0.3, -0.25) is 9.69 Å². The van der Waals surface area contributed by atoms with E-state index in [2.05, 4.69) is 15.9 Å². The highest BCUT2D eigenvalue weighted by Crippen LogP contribution is 2.24. The average Bonchev–Trinajstić information content (AvgIpc) is 2.57. The van der Waals surface area contributed by atoms with E-state index in [0.29, 0.717) is 5.91 Å². The number of amides is 1. The van der Waals surface area contributed by atoms with Crippen molar-refractivity contribution in [2.24, 2.45) is 5.92 Å². The second-order valence-corrected chi connectivity index (χ2v) is 6.96. The largest absolute Gasteiger partial charge is 0.342 e.